The van der Waals surface area contributed by atoms with E-state index >= 15 is 0 Å². The Balaban J connectivity index is 1.45. The van der Waals surface area contributed by atoms with Gasteiger partial charge in [-0.25, -0.2) is 0 Å². The first-order valence-electron chi connectivity index (χ1n) is 12.4. The first kappa shape index (κ1) is 25.4. The normalized spacial score (nSPS) is 30.9. The Morgan fingerprint density at radius 2 is 1.42 bits per heavy atom. The summed E-state index contributed by atoms with van der Waals surface area (Å²) in [4.78, 5) is 7.81. The van der Waals surface area contributed by atoms with E-state index in [0.717, 1.165) is 32.7 Å². The quantitative estimate of drug-likeness (QED) is 0.402. The van der Waals surface area contributed by atoms with Gasteiger partial charge in [-0.1, -0.05) is 12.8 Å². The second-order valence-electron chi connectivity index (χ2n) is 9.28. The molecule has 31 heavy (non-hydrogen) atoms. The summed E-state index contributed by atoms with van der Waals surface area (Å²) in [5.74, 6) is 0. The highest BCUT2D eigenvalue weighted by molar-refractivity contribution is 6.11. The maximum Gasteiger partial charge on any atom is 0.113 e. The molecule has 0 N–H and O–H groups in total. The molecule has 3 heterocycles. The Kier molecular flexibility index (Phi) is 11.6. The maximum atomic E-state index is 6.21. The molecule has 3 fully saturated rings. The van der Waals surface area contributed by atoms with Crippen molar-refractivity contribution in [3.8, 4) is 0 Å². The van der Waals surface area contributed by atoms with Crippen molar-refractivity contribution in [2.75, 3.05) is 86.3 Å². The Morgan fingerprint density at radius 3 is 1.94 bits per heavy atom. The lowest BCUT2D eigenvalue weighted by Crippen LogP contribution is -2.44. The molecular formula is C23H44BN3O4. The lowest BCUT2D eigenvalue weighted by atomic mass is 9.93. The summed E-state index contributed by atoms with van der Waals surface area (Å²) in [6.07, 6.45) is 7.53. The summed E-state index contributed by atoms with van der Waals surface area (Å²) in [5, 5.41) is 0. The van der Waals surface area contributed by atoms with E-state index in [9.17, 15) is 0 Å². The molecule has 0 bridgehead atoms. The van der Waals surface area contributed by atoms with Gasteiger partial charge in [0, 0.05) is 52.9 Å². The van der Waals surface area contributed by atoms with Gasteiger partial charge >= 0.3 is 0 Å². The minimum absolute atomic E-state index is 0.177. The Hall–Kier alpha value is -0.215. The van der Waals surface area contributed by atoms with Crippen LogP contribution in [0.2, 0.25) is 0 Å². The lowest BCUT2D eigenvalue weighted by molar-refractivity contribution is -0.0586. The zero-order chi connectivity index (χ0) is 21.9. The third-order valence-corrected chi connectivity index (χ3v) is 7.03. The predicted octanol–water partition coefficient (Wildman–Crippen LogP) is 1.20. The van der Waals surface area contributed by atoms with E-state index in [-0.39, 0.29) is 18.3 Å². The lowest BCUT2D eigenvalue weighted by Gasteiger charge is -2.33. The van der Waals surface area contributed by atoms with E-state index in [0.29, 0.717) is 13.2 Å². The minimum Gasteiger partial charge on any atom is -0.382 e. The van der Waals surface area contributed by atoms with E-state index in [1.807, 2.05) is 0 Å². The predicted molar refractivity (Wildman–Crippen MR) is 124 cm³/mol. The molecule has 0 aromatic carbocycles. The van der Waals surface area contributed by atoms with Crippen molar-refractivity contribution in [2.45, 2.75) is 62.8 Å². The number of hydrogen-bond acceptors (Lipinski definition) is 7. The molecule has 3 aliphatic heterocycles. The zero-order valence-corrected chi connectivity index (χ0v) is 19.9. The van der Waals surface area contributed by atoms with Gasteiger partial charge in [-0.05, 0) is 51.9 Å². The molecule has 3 rings (SSSR count). The Labute approximate surface area is 191 Å². The molecule has 0 aromatic heterocycles. The van der Waals surface area contributed by atoms with Crippen LogP contribution in [0.3, 0.4) is 0 Å². The van der Waals surface area contributed by atoms with Gasteiger partial charge in [0.25, 0.3) is 0 Å². The zero-order valence-electron chi connectivity index (χ0n) is 19.9. The third-order valence-electron chi connectivity index (χ3n) is 7.03. The van der Waals surface area contributed by atoms with Gasteiger partial charge < -0.3 is 28.7 Å². The van der Waals surface area contributed by atoms with E-state index in [2.05, 4.69) is 14.7 Å². The highest BCUT2D eigenvalue weighted by Gasteiger charge is 2.43. The SMILES string of the molecule is [B][C@@H]1O[C@H](COC)C(OC)[C@@H]1OCCN(CCN1CCCCC1)CCN1CCCCC1. The fraction of sp³-hybridized carbons (Fsp3) is 1.00. The van der Waals surface area contributed by atoms with E-state index in [1.165, 1.54) is 64.7 Å². The Bertz CT molecular complexity index is 456. The summed E-state index contributed by atoms with van der Waals surface area (Å²) in [6.45, 7) is 11.5. The summed E-state index contributed by atoms with van der Waals surface area (Å²) in [6, 6.07) is -0.472. The van der Waals surface area contributed by atoms with Crippen LogP contribution >= 0.6 is 0 Å². The van der Waals surface area contributed by atoms with Crippen molar-refractivity contribution in [1.29, 1.82) is 0 Å². The van der Waals surface area contributed by atoms with Crippen LogP contribution in [-0.2, 0) is 18.9 Å². The summed E-state index contributed by atoms with van der Waals surface area (Å²) < 4.78 is 22.9. The number of nitrogens with zero attached hydrogens (tertiary/aromatic N) is 3. The van der Waals surface area contributed by atoms with Crippen LogP contribution < -0.4 is 0 Å². The highest BCUT2D eigenvalue weighted by Crippen LogP contribution is 2.25. The van der Waals surface area contributed by atoms with Gasteiger partial charge in [0.05, 0.1) is 13.2 Å². The molecule has 0 aliphatic carbocycles. The minimum atomic E-state index is -0.472. The van der Waals surface area contributed by atoms with Gasteiger partial charge in [-0.15, -0.1) is 0 Å². The van der Waals surface area contributed by atoms with Gasteiger partial charge in [0.2, 0.25) is 0 Å². The van der Waals surface area contributed by atoms with Crippen LogP contribution in [0.5, 0.6) is 0 Å². The van der Waals surface area contributed by atoms with Crippen LogP contribution in [0.1, 0.15) is 38.5 Å². The molecule has 3 saturated heterocycles. The van der Waals surface area contributed by atoms with E-state index in [1.54, 1.807) is 14.2 Å². The molecule has 1 unspecified atom stereocenters. The average molecular weight is 437 g/mol. The average Bonchev–Trinajstić information content (AvgIpc) is 3.10. The van der Waals surface area contributed by atoms with Gasteiger partial charge in [0.1, 0.15) is 26.2 Å². The van der Waals surface area contributed by atoms with Crippen molar-refractivity contribution < 1.29 is 18.9 Å². The number of rotatable bonds is 13. The fourth-order valence-electron chi connectivity index (χ4n) is 5.11. The molecule has 0 aromatic rings. The van der Waals surface area contributed by atoms with Crippen LogP contribution in [0, 0.1) is 0 Å². The monoisotopic (exact) mass is 437 g/mol. The second kappa shape index (κ2) is 14.1. The molecule has 8 heteroatoms. The second-order valence-corrected chi connectivity index (χ2v) is 9.28. The Morgan fingerprint density at radius 1 is 0.839 bits per heavy atom. The highest BCUT2D eigenvalue weighted by atomic mass is 16.6. The van der Waals surface area contributed by atoms with Gasteiger partial charge in [-0.3, -0.25) is 4.90 Å². The van der Waals surface area contributed by atoms with Gasteiger partial charge in [0.15, 0.2) is 0 Å². The number of hydrogen-bond donors (Lipinski definition) is 0. The molecular weight excluding hydrogens is 393 g/mol. The van der Waals surface area contributed by atoms with Gasteiger partial charge in [-0.2, -0.15) is 0 Å². The molecule has 0 saturated carbocycles. The van der Waals surface area contributed by atoms with Crippen molar-refractivity contribution in [3.05, 3.63) is 0 Å². The molecule has 178 valence electrons. The molecule has 0 spiro atoms. The van der Waals surface area contributed by atoms with E-state index < -0.39 is 6.00 Å². The molecule has 3 aliphatic rings. The smallest absolute Gasteiger partial charge is 0.113 e. The molecule has 7 nitrogen and oxygen atoms in total. The number of piperidine rings is 2. The summed E-state index contributed by atoms with van der Waals surface area (Å²) >= 11 is 0. The first-order chi connectivity index (χ1) is 15.2. The van der Waals surface area contributed by atoms with Crippen molar-refractivity contribution in [2.24, 2.45) is 0 Å². The molecule has 4 atom stereocenters. The number of ether oxygens (including phenoxy) is 4. The number of likely N-dealkylation sites (tertiary alicyclic amines) is 2. The number of methoxy groups -OCH3 is 2. The topological polar surface area (TPSA) is 46.6 Å². The van der Waals surface area contributed by atoms with Crippen LogP contribution in [0.25, 0.3) is 0 Å². The van der Waals surface area contributed by atoms with Crippen molar-refractivity contribution >= 4 is 7.85 Å². The standard InChI is InChI=1S/C23H44BN3O4/c1-28-19-20-21(29-2)22(23(24)31-20)30-18-17-27(15-13-25-9-5-3-6-10-25)16-14-26-11-7-4-8-12-26/h20-23H,3-19H2,1-2H3/t20-,21?,22+,23-/m1/s1. The van der Waals surface area contributed by atoms with Crippen molar-refractivity contribution in [1.82, 2.24) is 14.7 Å². The third kappa shape index (κ3) is 8.25. The molecule has 2 radical (unpaired) electrons. The van der Waals surface area contributed by atoms with Crippen LogP contribution in [0.4, 0.5) is 0 Å². The first-order valence-corrected chi connectivity index (χ1v) is 12.4. The maximum absolute atomic E-state index is 6.21. The van der Waals surface area contributed by atoms with Crippen LogP contribution in [-0.4, -0.2) is 133 Å². The summed E-state index contributed by atoms with van der Waals surface area (Å²) in [5.41, 5.74) is 0. The summed E-state index contributed by atoms with van der Waals surface area (Å²) in [7, 11) is 9.54. The van der Waals surface area contributed by atoms with E-state index in [4.69, 9.17) is 26.8 Å². The molecule has 0 amide bonds. The largest absolute Gasteiger partial charge is 0.382 e. The van der Waals surface area contributed by atoms with Crippen molar-refractivity contribution in [3.63, 3.8) is 0 Å². The van der Waals surface area contributed by atoms with Crippen LogP contribution in [0.15, 0.2) is 0 Å². The fourth-order valence-corrected chi connectivity index (χ4v) is 5.11.